The van der Waals surface area contributed by atoms with Crippen LogP contribution in [-0.4, -0.2) is 44.0 Å². The summed E-state index contributed by atoms with van der Waals surface area (Å²) in [4.78, 5) is 13.5. The second-order valence-corrected chi connectivity index (χ2v) is 6.36. The topological polar surface area (TPSA) is 99.7 Å². The van der Waals surface area contributed by atoms with Crippen molar-refractivity contribution in [2.45, 2.75) is 6.54 Å². The molecule has 4 aromatic rings. The van der Waals surface area contributed by atoms with Gasteiger partial charge in [0.1, 0.15) is 5.52 Å². The van der Waals surface area contributed by atoms with Gasteiger partial charge in [0.15, 0.2) is 5.65 Å². The maximum absolute atomic E-state index is 8.90. The number of allylic oxidation sites excluding steroid dienone is 1. The lowest BCUT2D eigenvalue weighted by Crippen LogP contribution is -2.12. The van der Waals surface area contributed by atoms with Gasteiger partial charge in [0.25, 0.3) is 0 Å². The number of benzene rings is 1. The molecule has 1 aromatic carbocycles. The lowest BCUT2D eigenvalue weighted by atomic mass is 10.1. The molecular weight excluding hydrogens is 352 g/mol. The smallest absolute Gasteiger partial charge is 0.160 e. The molecule has 7 nitrogen and oxygen atoms in total. The Labute approximate surface area is 161 Å². The number of nitrogens with one attached hydrogen (secondary N) is 2. The highest BCUT2D eigenvalue weighted by molar-refractivity contribution is 6.07. The van der Waals surface area contributed by atoms with E-state index in [0.717, 1.165) is 27.6 Å². The van der Waals surface area contributed by atoms with Crippen LogP contribution in [0.5, 0.6) is 0 Å². The van der Waals surface area contributed by atoms with Gasteiger partial charge in [-0.2, -0.15) is 0 Å². The fourth-order valence-corrected chi connectivity index (χ4v) is 3.07. The van der Waals surface area contributed by atoms with Crippen LogP contribution in [0, 0.1) is 5.41 Å². The molecule has 140 valence electrons. The molecule has 0 saturated carbocycles. The zero-order chi connectivity index (χ0) is 19.3. The standard InChI is InChI=1S/C21H20N6O/c22-11-17(12-23-8-9-28)19-5-6-20-21(26-19)27(14-25-20)13-15-3-4-18-16(10-15)2-1-7-24-18/h1-7,10-12,14,22-23,28H,8-9,13H2/b17-12+,22-11?. The number of imidazole rings is 1. The van der Waals surface area contributed by atoms with Crippen molar-refractivity contribution < 1.29 is 5.11 Å². The van der Waals surface area contributed by atoms with E-state index in [2.05, 4.69) is 33.5 Å². The van der Waals surface area contributed by atoms with E-state index in [1.165, 1.54) is 6.21 Å². The Morgan fingerprint density at radius 1 is 1.14 bits per heavy atom. The van der Waals surface area contributed by atoms with E-state index in [4.69, 9.17) is 15.5 Å². The molecule has 28 heavy (non-hydrogen) atoms. The average molecular weight is 372 g/mol. The van der Waals surface area contributed by atoms with E-state index in [1.54, 1.807) is 18.7 Å². The summed E-state index contributed by atoms with van der Waals surface area (Å²) in [5.74, 6) is 0. The third-order valence-electron chi connectivity index (χ3n) is 4.45. The Hall–Kier alpha value is -3.58. The molecule has 4 rings (SSSR count). The van der Waals surface area contributed by atoms with Crippen molar-refractivity contribution in [2.75, 3.05) is 13.2 Å². The minimum Gasteiger partial charge on any atom is -0.395 e. The van der Waals surface area contributed by atoms with Crippen LogP contribution in [-0.2, 0) is 6.54 Å². The predicted molar refractivity (Wildman–Crippen MR) is 110 cm³/mol. The summed E-state index contributed by atoms with van der Waals surface area (Å²) in [7, 11) is 0. The van der Waals surface area contributed by atoms with Gasteiger partial charge in [-0.15, -0.1) is 0 Å². The van der Waals surface area contributed by atoms with Crippen molar-refractivity contribution in [1.29, 1.82) is 5.41 Å². The molecule has 0 aliphatic heterocycles. The van der Waals surface area contributed by atoms with Crippen molar-refractivity contribution in [3.05, 3.63) is 72.4 Å². The summed E-state index contributed by atoms with van der Waals surface area (Å²) >= 11 is 0. The largest absolute Gasteiger partial charge is 0.395 e. The van der Waals surface area contributed by atoms with Gasteiger partial charge in [-0.1, -0.05) is 12.1 Å². The average Bonchev–Trinajstić information content (AvgIpc) is 3.13. The highest BCUT2D eigenvalue weighted by atomic mass is 16.3. The summed E-state index contributed by atoms with van der Waals surface area (Å²) in [6, 6.07) is 13.9. The first-order chi connectivity index (χ1) is 13.8. The Kier molecular flexibility index (Phi) is 5.07. The van der Waals surface area contributed by atoms with Crippen LogP contribution in [0.25, 0.3) is 27.6 Å². The summed E-state index contributed by atoms with van der Waals surface area (Å²) in [6.07, 6.45) is 6.51. The van der Waals surface area contributed by atoms with Crippen LogP contribution in [0.1, 0.15) is 11.3 Å². The molecule has 3 heterocycles. The van der Waals surface area contributed by atoms with E-state index >= 15 is 0 Å². The Morgan fingerprint density at radius 3 is 2.89 bits per heavy atom. The van der Waals surface area contributed by atoms with Gasteiger partial charge in [0.05, 0.1) is 30.7 Å². The van der Waals surface area contributed by atoms with Crippen molar-refractivity contribution >= 4 is 33.9 Å². The summed E-state index contributed by atoms with van der Waals surface area (Å²) in [5.41, 5.74) is 4.99. The molecule has 0 aliphatic rings. The third-order valence-corrected chi connectivity index (χ3v) is 4.45. The molecule has 0 saturated heterocycles. The zero-order valence-electron chi connectivity index (χ0n) is 15.2. The predicted octanol–water partition coefficient (Wildman–Crippen LogP) is 2.60. The number of aliphatic hydroxyl groups excluding tert-OH is 1. The number of hydrogen-bond acceptors (Lipinski definition) is 6. The Morgan fingerprint density at radius 2 is 2.04 bits per heavy atom. The molecule has 0 unspecified atom stereocenters. The number of pyridine rings is 2. The summed E-state index contributed by atoms with van der Waals surface area (Å²) in [6.45, 7) is 1.10. The first-order valence-electron chi connectivity index (χ1n) is 8.99. The maximum atomic E-state index is 8.90. The van der Waals surface area contributed by atoms with Crippen molar-refractivity contribution in [2.24, 2.45) is 0 Å². The van der Waals surface area contributed by atoms with Crippen LogP contribution in [0.3, 0.4) is 0 Å². The number of aromatic nitrogens is 4. The van der Waals surface area contributed by atoms with Crippen LogP contribution in [0.2, 0.25) is 0 Å². The monoisotopic (exact) mass is 372 g/mol. The zero-order valence-corrected chi connectivity index (χ0v) is 15.2. The van der Waals surface area contributed by atoms with E-state index in [0.29, 0.717) is 24.4 Å². The minimum atomic E-state index is 0.0301. The Bertz CT molecular complexity index is 1160. The molecule has 0 radical (unpaired) electrons. The number of rotatable bonds is 7. The van der Waals surface area contributed by atoms with Gasteiger partial charge >= 0.3 is 0 Å². The number of nitrogens with zero attached hydrogens (tertiary/aromatic N) is 4. The van der Waals surface area contributed by atoms with Crippen molar-refractivity contribution in [1.82, 2.24) is 24.8 Å². The molecule has 7 heteroatoms. The van der Waals surface area contributed by atoms with Crippen molar-refractivity contribution in [3.8, 4) is 0 Å². The van der Waals surface area contributed by atoms with Crippen molar-refractivity contribution in [3.63, 3.8) is 0 Å². The second kappa shape index (κ2) is 7.98. The fraction of sp³-hybridized carbons (Fsp3) is 0.143. The molecule has 0 aliphatic carbocycles. The molecule has 0 spiro atoms. The molecule has 0 atom stereocenters. The van der Waals surface area contributed by atoms with Gasteiger partial charge in [-0.3, -0.25) is 4.98 Å². The van der Waals surface area contributed by atoms with Gasteiger partial charge in [0, 0.05) is 36.1 Å². The molecule has 0 amide bonds. The normalized spacial score (nSPS) is 11.8. The first kappa shape index (κ1) is 17.8. The summed E-state index contributed by atoms with van der Waals surface area (Å²) in [5, 5.41) is 20.6. The van der Waals surface area contributed by atoms with E-state index < -0.39 is 0 Å². The fourth-order valence-electron chi connectivity index (χ4n) is 3.07. The number of fused-ring (bicyclic) bond motifs is 2. The third kappa shape index (κ3) is 3.60. The Balaban J connectivity index is 1.67. The van der Waals surface area contributed by atoms with E-state index in [9.17, 15) is 0 Å². The molecule has 3 N–H and O–H groups in total. The molecule has 0 bridgehead atoms. The SMILES string of the molecule is N=C/C(=C\NCCO)c1ccc2ncn(Cc3ccc4ncccc4c3)c2n1. The molecule has 0 fully saturated rings. The molecule has 3 aromatic heterocycles. The minimum absolute atomic E-state index is 0.0301. The molecular formula is C21H20N6O. The maximum Gasteiger partial charge on any atom is 0.160 e. The number of hydrogen-bond donors (Lipinski definition) is 3. The highest BCUT2D eigenvalue weighted by Crippen LogP contribution is 2.19. The van der Waals surface area contributed by atoms with E-state index in [1.807, 2.05) is 28.8 Å². The quantitative estimate of drug-likeness (QED) is 0.342. The highest BCUT2D eigenvalue weighted by Gasteiger charge is 2.09. The second-order valence-electron chi connectivity index (χ2n) is 6.36. The summed E-state index contributed by atoms with van der Waals surface area (Å²) < 4.78 is 2.00. The van der Waals surface area contributed by atoms with Crippen LogP contribution in [0.15, 0.2) is 61.2 Å². The lowest BCUT2D eigenvalue weighted by Gasteiger charge is -2.07. The lowest BCUT2D eigenvalue weighted by molar-refractivity contribution is 0.298. The van der Waals surface area contributed by atoms with E-state index in [-0.39, 0.29) is 6.61 Å². The van der Waals surface area contributed by atoms with Gasteiger partial charge < -0.3 is 20.4 Å². The van der Waals surface area contributed by atoms with Crippen LogP contribution in [0.4, 0.5) is 0 Å². The number of aliphatic hydroxyl groups is 1. The van der Waals surface area contributed by atoms with Crippen LogP contribution < -0.4 is 5.32 Å². The first-order valence-corrected chi connectivity index (χ1v) is 8.99. The van der Waals surface area contributed by atoms with Gasteiger partial charge in [-0.25, -0.2) is 9.97 Å². The van der Waals surface area contributed by atoms with Crippen LogP contribution >= 0.6 is 0 Å². The van der Waals surface area contributed by atoms with Gasteiger partial charge in [0.2, 0.25) is 0 Å². The van der Waals surface area contributed by atoms with Gasteiger partial charge in [-0.05, 0) is 35.9 Å².